The van der Waals surface area contributed by atoms with Crippen LogP contribution in [0.2, 0.25) is 5.02 Å². The maximum atomic E-state index is 13.6. The number of ether oxygens (including phenoxy) is 1. The fourth-order valence-electron chi connectivity index (χ4n) is 1.31. The van der Waals surface area contributed by atoms with Gasteiger partial charge in [0.2, 0.25) is 0 Å². The molecule has 0 saturated heterocycles. The molecule has 1 rings (SSSR count). The molecule has 1 aromatic rings. The molecule has 0 heterocycles. The van der Waals surface area contributed by atoms with Crippen LogP contribution in [-0.2, 0) is 5.60 Å². The minimum absolute atomic E-state index is 0.0264. The van der Waals surface area contributed by atoms with Gasteiger partial charge in [0, 0.05) is 6.07 Å². The van der Waals surface area contributed by atoms with E-state index in [-0.39, 0.29) is 16.3 Å². The molecule has 0 aliphatic carbocycles. The van der Waals surface area contributed by atoms with Gasteiger partial charge >= 0.3 is 0 Å². The fourth-order valence-corrected chi connectivity index (χ4v) is 1.50. The highest BCUT2D eigenvalue weighted by Crippen LogP contribution is 2.41. The average molecular weight is 235 g/mol. The number of hydrogen-bond acceptors (Lipinski definition) is 3. The molecule has 3 nitrogen and oxygen atoms in total. The van der Waals surface area contributed by atoms with Crippen LogP contribution in [0, 0.1) is 5.82 Å². The Kier molecular flexibility index (Phi) is 3.11. The average Bonchev–Trinajstić information content (AvgIpc) is 2.09. The van der Waals surface area contributed by atoms with E-state index in [1.165, 1.54) is 21.0 Å². The summed E-state index contributed by atoms with van der Waals surface area (Å²) in [4.78, 5) is 0. The Labute approximate surface area is 92.1 Å². The van der Waals surface area contributed by atoms with Crippen LogP contribution in [0.4, 0.5) is 4.39 Å². The first kappa shape index (κ1) is 12.1. The molecule has 2 N–H and O–H groups in total. The lowest BCUT2D eigenvalue weighted by atomic mass is 9.96. The number of hydrogen-bond donors (Lipinski definition) is 2. The summed E-state index contributed by atoms with van der Waals surface area (Å²) in [6.07, 6.45) is 0. The van der Waals surface area contributed by atoms with Crippen LogP contribution < -0.4 is 4.74 Å². The monoisotopic (exact) mass is 234 g/mol. The molecule has 0 amide bonds. The molecule has 84 valence electrons. The molecular formula is C10H12ClFO3. The Hall–Kier alpha value is -1.00. The van der Waals surface area contributed by atoms with Crippen molar-refractivity contribution in [1.82, 2.24) is 0 Å². The van der Waals surface area contributed by atoms with Crippen molar-refractivity contribution < 1.29 is 19.3 Å². The molecule has 0 unspecified atom stereocenters. The molecule has 0 bridgehead atoms. The van der Waals surface area contributed by atoms with E-state index in [0.717, 1.165) is 6.07 Å². The van der Waals surface area contributed by atoms with Crippen molar-refractivity contribution in [2.75, 3.05) is 7.11 Å². The third kappa shape index (κ3) is 2.16. The molecule has 0 aromatic heterocycles. The SMILES string of the molecule is COc1cc(Cl)c(F)c(C(C)(C)O)c1O. The lowest BCUT2D eigenvalue weighted by Crippen LogP contribution is -2.18. The molecule has 15 heavy (non-hydrogen) atoms. The van der Waals surface area contributed by atoms with Crippen molar-refractivity contribution in [2.24, 2.45) is 0 Å². The van der Waals surface area contributed by atoms with Crippen molar-refractivity contribution in [3.05, 3.63) is 22.5 Å². The summed E-state index contributed by atoms with van der Waals surface area (Å²) >= 11 is 5.60. The second kappa shape index (κ2) is 3.87. The molecule has 1 aromatic carbocycles. The smallest absolute Gasteiger partial charge is 0.166 e. The third-order valence-corrected chi connectivity index (χ3v) is 2.26. The number of phenols is 1. The number of aliphatic hydroxyl groups is 1. The Bertz CT molecular complexity index is 385. The lowest BCUT2D eigenvalue weighted by Gasteiger charge is -2.21. The standard InChI is InChI=1S/C10H12ClFO3/c1-10(2,14)7-8(12)5(11)4-6(15-3)9(7)13/h4,13-14H,1-3H3. The summed E-state index contributed by atoms with van der Waals surface area (Å²) in [5, 5.41) is 19.1. The van der Waals surface area contributed by atoms with E-state index in [9.17, 15) is 14.6 Å². The zero-order valence-corrected chi connectivity index (χ0v) is 9.39. The summed E-state index contributed by atoms with van der Waals surface area (Å²) in [6.45, 7) is 2.70. The van der Waals surface area contributed by atoms with Crippen molar-refractivity contribution in [2.45, 2.75) is 19.4 Å². The van der Waals surface area contributed by atoms with Crippen LogP contribution in [0.25, 0.3) is 0 Å². The maximum absolute atomic E-state index is 13.6. The lowest BCUT2D eigenvalue weighted by molar-refractivity contribution is 0.0711. The van der Waals surface area contributed by atoms with Crippen LogP contribution in [0.15, 0.2) is 6.07 Å². The minimum Gasteiger partial charge on any atom is -0.504 e. The summed E-state index contributed by atoms with van der Waals surface area (Å²) in [5.41, 5.74) is -1.81. The number of methoxy groups -OCH3 is 1. The van der Waals surface area contributed by atoms with Crippen LogP contribution in [0.3, 0.4) is 0 Å². The van der Waals surface area contributed by atoms with Crippen molar-refractivity contribution in [3.8, 4) is 11.5 Å². The van der Waals surface area contributed by atoms with Gasteiger partial charge < -0.3 is 14.9 Å². The van der Waals surface area contributed by atoms with Gasteiger partial charge in [-0.3, -0.25) is 0 Å². The van der Waals surface area contributed by atoms with E-state index in [2.05, 4.69) is 0 Å². The van der Waals surface area contributed by atoms with Gasteiger partial charge in [0.15, 0.2) is 17.3 Å². The second-order valence-electron chi connectivity index (χ2n) is 3.66. The van der Waals surface area contributed by atoms with E-state index >= 15 is 0 Å². The van der Waals surface area contributed by atoms with E-state index in [1.54, 1.807) is 0 Å². The molecule has 0 radical (unpaired) electrons. The Balaban J connectivity index is 3.55. The Morgan fingerprint density at radius 2 is 2.00 bits per heavy atom. The highest BCUT2D eigenvalue weighted by Gasteiger charge is 2.29. The number of rotatable bonds is 2. The van der Waals surface area contributed by atoms with Gasteiger partial charge in [0.25, 0.3) is 0 Å². The van der Waals surface area contributed by atoms with E-state index in [4.69, 9.17) is 16.3 Å². The Morgan fingerprint density at radius 1 is 1.47 bits per heavy atom. The summed E-state index contributed by atoms with van der Waals surface area (Å²) < 4.78 is 18.4. The van der Waals surface area contributed by atoms with Crippen LogP contribution >= 0.6 is 11.6 Å². The Morgan fingerprint density at radius 3 is 2.40 bits per heavy atom. The maximum Gasteiger partial charge on any atom is 0.166 e. The number of phenolic OH excluding ortho intramolecular Hbond substituents is 1. The topological polar surface area (TPSA) is 49.7 Å². The van der Waals surface area contributed by atoms with Gasteiger partial charge in [-0.25, -0.2) is 4.39 Å². The van der Waals surface area contributed by atoms with E-state index in [0.29, 0.717) is 0 Å². The van der Waals surface area contributed by atoms with Gasteiger partial charge in [0.05, 0.1) is 23.3 Å². The van der Waals surface area contributed by atoms with Gasteiger partial charge in [-0.1, -0.05) is 11.6 Å². The van der Waals surface area contributed by atoms with Crippen LogP contribution in [-0.4, -0.2) is 17.3 Å². The van der Waals surface area contributed by atoms with Crippen molar-refractivity contribution >= 4 is 11.6 Å². The fraction of sp³-hybridized carbons (Fsp3) is 0.400. The van der Waals surface area contributed by atoms with Gasteiger partial charge in [-0.15, -0.1) is 0 Å². The normalized spacial score (nSPS) is 11.6. The molecular weight excluding hydrogens is 223 g/mol. The number of halogens is 2. The molecule has 0 atom stereocenters. The zero-order valence-electron chi connectivity index (χ0n) is 8.64. The summed E-state index contributed by atoms with van der Waals surface area (Å²) in [5.74, 6) is -1.26. The summed E-state index contributed by atoms with van der Waals surface area (Å²) in [6, 6.07) is 1.15. The van der Waals surface area contributed by atoms with E-state index < -0.39 is 17.2 Å². The molecule has 0 fully saturated rings. The second-order valence-corrected chi connectivity index (χ2v) is 4.06. The minimum atomic E-state index is -1.54. The number of benzene rings is 1. The predicted octanol–water partition coefficient (Wildman–Crippen LogP) is 2.42. The first-order valence-corrected chi connectivity index (χ1v) is 4.64. The van der Waals surface area contributed by atoms with Gasteiger partial charge in [-0.05, 0) is 13.8 Å². The molecule has 0 spiro atoms. The largest absolute Gasteiger partial charge is 0.504 e. The highest BCUT2D eigenvalue weighted by atomic mass is 35.5. The molecule has 0 aliphatic heterocycles. The molecule has 0 saturated carbocycles. The van der Waals surface area contributed by atoms with Crippen molar-refractivity contribution in [1.29, 1.82) is 0 Å². The predicted molar refractivity (Wildman–Crippen MR) is 54.9 cm³/mol. The first-order chi connectivity index (χ1) is 6.79. The highest BCUT2D eigenvalue weighted by molar-refractivity contribution is 6.31. The van der Waals surface area contributed by atoms with E-state index in [1.807, 2.05) is 0 Å². The molecule has 5 heteroatoms. The van der Waals surface area contributed by atoms with Gasteiger partial charge in [-0.2, -0.15) is 0 Å². The van der Waals surface area contributed by atoms with Gasteiger partial charge in [0.1, 0.15) is 0 Å². The zero-order chi connectivity index (χ0) is 11.8. The van der Waals surface area contributed by atoms with Crippen LogP contribution in [0.5, 0.6) is 11.5 Å². The first-order valence-electron chi connectivity index (χ1n) is 4.26. The quantitative estimate of drug-likeness (QED) is 0.826. The third-order valence-electron chi connectivity index (χ3n) is 1.99. The summed E-state index contributed by atoms with van der Waals surface area (Å²) in [7, 11) is 1.32. The van der Waals surface area contributed by atoms with Crippen LogP contribution in [0.1, 0.15) is 19.4 Å². The molecule has 0 aliphatic rings. The van der Waals surface area contributed by atoms with Crippen molar-refractivity contribution in [3.63, 3.8) is 0 Å². The number of aromatic hydroxyl groups is 1.